The smallest absolute Gasteiger partial charge is 0.137 e. The second-order valence-corrected chi connectivity index (χ2v) is 5.98. The van der Waals surface area contributed by atoms with Crippen LogP contribution in [0.3, 0.4) is 0 Å². The normalized spacial score (nSPS) is 13.3. The number of benzene rings is 1. The summed E-state index contributed by atoms with van der Waals surface area (Å²) in [6.07, 6.45) is 3.44. The summed E-state index contributed by atoms with van der Waals surface area (Å²) in [6.45, 7) is 4.80. The van der Waals surface area contributed by atoms with E-state index in [4.69, 9.17) is 10.7 Å². The molecule has 1 aliphatic carbocycles. The fourth-order valence-electron chi connectivity index (χ4n) is 3.25. The average Bonchev–Trinajstić information content (AvgIpc) is 2.92. The monoisotopic (exact) mass is 281 g/mol. The highest BCUT2D eigenvalue weighted by atomic mass is 15.2. The van der Waals surface area contributed by atoms with E-state index in [9.17, 15) is 0 Å². The van der Waals surface area contributed by atoms with Crippen molar-refractivity contribution >= 4 is 11.5 Å². The van der Waals surface area contributed by atoms with Gasteiger partial charge in [0.05, 0.1) is 0 Å². The van der Waals surface area contributed by atoms with Crippen molar-refractivity contribution in [2.24, 2.45) is 5.73 Å². The van der Waals surface area contributed by atoms with Gasteiger partial charge in [-0.15, -0.1) is 0 Å². The first kappa shape index (κ1) is 14.1. The lowest BCUT2D eigenvalue weighted by Crippen LogP contribution is -2.17. The van der Waals surface area contributed by atoms with Crippen LogP contribution in [0.4, 0.5) is 11.5 Å². The summed E-state index contributed by atoms with van der Waals surface area (Å²) < 4.78 is 0. The van der Waals surface area contributed by atoms with Gasteiger partial charge in [0.15, 0.2) is 0 Å². The first-order valence-electron chi connectivity index (χ1n) is 7.63. The summed E-state index contributed by atoms with van der Waals surface area (Å²) in [6, 6.07) is 8.78. The van der Waals surface area contributed by atoms with Crippen LogP contribution in [-0.2, 0) is 19.4 Å². The van der Waals surface area contributed by atoms with E-state index in [2.05, 4.69) is 50.1 Å². The van der Waals surface area contributed by atoms with Gasteiger partial charge in [0.2, 0.25) is 0 Å². The Balaban J connectivity index is 2.06. The van der Waals surface area contributed by atoms with Crippen LogP contribution in [-0.4, -0.2) is 12.0 Å². The molecule has 1 aromatic heterocycles. The Morgan fingerprint density at radius 3 is 2.71 bits per heavy atom. The van der Waals surface area contributed by atoms with Gasteiger partial charge in [0.25, 0.3) is 0 Å². The molecular formula is C18H23N3. The number of aromatic nitrogens is 1. The van der Waals surface area contributed by atoms with E-state index in [0.717, 1.165) is 24.2 Å². The van der Waals surface area contributed by atoms with Gasteiger partial charge in [-0.25, -0.2) is 4.98 Å². The molecule has 0 aliphatic heterocycles. The Morgan fingerprint density at radius 1 is 1.19 bits per heavy atom. The van der Waals surface area contributed by atoms with Gasteiger partial charge in [-0.3, -0.25) is 0 Å². The topological polar surface area (TPSA) is 42.2 Å². The van der Waals surface area contributed by atoms with Gasteiger partial charge in [0.1, 0.15) is 5.82 Å². The molecule has 1 aromatic carbocycles. The van der Waals surface area contributed by atoms with Crippen molar-refractivity contribution in [3.05, 3.63) is 52.2 Å². The van der Waals surface area contributed by atoms with Gasteiger partial charge in [0, 0.05) is 30.5 Å². The van der Waals surface area contributed by atoms with Crippen molar-refractivity contribution in [1.29, 1.82) is 0 Å². The fourth-order valence-corrected chi connectivity index (χ4v) is 3.25. The quantitative estimate of drug-likeness (QED) is 0.937. The third-order valence-corrected chi connectivity index (χ3v) is 4.36. The second-order valence-electron chi connectivity index (χ2n) is 5.98. The molecule has 0 saturated heterocycles. The van der Waals surface area contributed by atoms with Crippen LogP contribution >= 0.6 is 0 Å². The maximum atomic E-state index is 5.96. The molecule has 0 atom stereocenters. The zero-order valence-electron chi connectivity index (χ0n) is 13.1. The molecule has 0 saturated carbocycles. The minimum Gasteiger partial charge on any atom is -0.329 e. The number of fused-ring (bicyclic) bond motifs is 1. The van der Waals surface area contributed by atoms with Gasteiger partial charge in [-0.1, -0.05) is 17.7 Å². The van der Waals surface area contributed by atoms with Crippen LogP contribution in [0.15, 0.2) is 24.3 Å². The summed E-state index contributed by atoms with van der Waals surface area (Å²) in [5.74, 6) is 1.00. The maximum absolute atomic E-state index is 5.96. The number of nitrogens with two attached hydrogens (primary N) is 1. The Kier molecular flexibility index (Phi) is 3.68. The molecular weight excluding hydrogens is 258 g/mol. The maximum Gasteiger partial charge on any atom is 0.137 e. The molecule has 1 heterocycles. The van der Waals surface area contributed by atoms with Crippen molar-refractivity contribution in [3.8, 4) is 0 Å². The van der Waals surface area contributed by atoms with Gasteiger partial charge in [-0.05, 0) is 56.4 Å². The first-order valence-corrected chi connectivity index (χ1v) is 7.63. The molecule has 3 rings (SSSR count). The Hall–Kier alpha value is -1.87. The standard InChI is InChI=1S/C18H23N3/c1-12-7-8-17(13(2)9-12)21(3)18-15(11-19)10-14-5-4-6-16(14)20-18/h7-10H,4-6,11,19H2,1-3H3. The first-order chi connectivity index (χ1) is 10.1. The van der Waals surface area contributed by atoms with Crippen molar-refractivity contribution in [1.82, 2.24) is 4.98 Å². The highest BCUT2D eigenvalue weighted by Gasteiger charge is 2.19. The van der Waals surface area contributed by atoms with Crippen molar-refractivity contribution in [2.45, 2.75) is 39.7 Å². The van der Waals surface area contributed by atoms with E-state index in [1.165, 1.54) is 34.5 Å². The molecule has 2 aromatic rings. The number of pyridine rings is 1. The van der Waals surface area contributed by atoms with Gasteiger partial charge < -0.3 is 10.6 Å². The number of aryl methyl sites for hydroxylation is 4. The van der Waals surface area contributed by atoms with Crippen LogP contribution < -0.4 is 10.6 Å². The van der Waals surface area contributed by atoms with Gasteiger partial charge in [-0.2, -0.15) is 0 Å². The van der Waals surface area contributed by atoms with Crippen LogP contribution in [0.5, 0.6) is 0 Å². The second kappa shape index (κ2) is 5.49. The van der Waals surface area contributed by atoms with Crippen LogP contribution in [0.25, 0.3) is 0 Å². The minimum absolute atomic E-state index is 0.533. The minimum atomic E-state index is 0.533. The molecule has 0 amide bonds. The molecule has 2 N–H and O–H groups in total. The summed E-state index contributed by atoms with van der Waals surface area (Å²) in [4.78, 5) is 7.09. The predicted molar refractivity (Wildman–Crippen MR) is 88.1 cm³/mol. The molecule has 21 heavy (non-hydrogen) atoms. The molecule has 0 bridgehead atoms. The molecule has 0 radical (unpaired) electrons. The SMILES string of the molecule is Cc1ccc(N(C)c2nc3c(cc2CN)CCC3)c(C)c1. The molecule has 3 heteroatoms. The van der Waals surface area contributed by atoms with Crippen LogP contribution in [0.2, 0.25) is 0 Å². The fraction of sp³-hybridized carbons (Fsp3) is 0.389. The van der Waals surface area contributed by atoms with E-state index in [1.54, 1.807) is 0 Å². The third-order valence-electron chi connectivity index (χ3n) is 4.36. The lowest BCUT2D eigenvalue weighted by atomic mass is 10.1. The van der Waals surface area contributed by atoms with Crippen molar-refractivity contribution < 1.29 is 0 Å². The molecule has 110 valence electrons. The van der Waals surface area contributed by atoms with Crippen molar-refractivity contribution in [2.75, 3.05) is 11.9 Å². The average molecular weight is 281 g/mol. The molecule has 3 nitrogen and oxygen atoms in total. The number of anilines is 2. The summed E-state index contributed by atoms with van der Waals surface area (Å²) in [7, 11) is 2.08. The van der Waals surface area contributed by atoms with E-state index in [1.807, 2.05) is 0 Å². The summed E-state index contributed by atoms with van der Waals surface area (Å²) >= 11 is 0. The summed E-state index contributed by atoms with van der Waals surface area (Å²) in [5.41, 5.74) is 13.5. The highest BCUT2D eigenvalue weighted by Crippen LogP contribution is 2.32. The van der Waals surface area contributed by atoms with E-state index in [-0.39, 0.29) is 0 Å². The number of rotatable bonds is 3. The lowest BCUT2D eigenvalue weighted by Gasteiger charge is -2.24. The number of hydrogen-bond donors (Lipinski definition) is 1. The molecule has 0 spiro atoms. The molecule has 1 aliphatic rings. The lowest BCUT2D eigenvalue weighted by molar-refractivity contribution is 0.897. The van der Waals surface area contributed by atoms with Crippen LogP contribution in [0, 0.1) is 13.8 Å². The van der Waals surface area contributed by atoms with E-state index < -0.39 is 0 Å². The number of nitrogens with zero attached hydrogens (tertiary/aromatic N) is 2. The van der Waals surface area contributed by atoms with Crippen molar-refractivity contribution in [3.63, 3.8) is 0 Å². The largest absolute Gasteiger partial charge is 0.329 e. The third kappa shape index (κ3) is 2.54. The molecule has 0 fully saturated rings. The van der Waals surface area contributed by atoms with Gasteiger partial charge >= 0.3 is 0 Å². The Morgan fingerprint density at radius 2 is 2.00 bits per heavy atom. The highest BCUT2D eigenvalue weighted by molar-refractivity contribution is 5.66. The predicted octanol–water partition coefficient (Wildman–Crippen LogP) is 3.41. The van der Waals surface area contributed by atoms with E-state index >= 15 is 0 Å². The Bertz CT molecular complexity index is 676. The van der Waals surface area contributed by atoms with E-state index in [0.29, 0.717) is 6.54 Å². The molecule has 0 unspecified atom stereocenters. The summed E-state index contributed by atoms with van der Waals surface area (Å²) in [5, 5.41) is 0. The number of hydrogen-bond acceptors (Lipinski definition) is 3. The Labute approximate surface area is 126 Å². The zero-order valence-corrected chi connectivity index (χ0v) is 13.1. The van der Waals surface area contributed by atoms with Crippen LogP contribution in [0.1, 0.15) is 34.4 Å². The zero-order chi connectivity index (χ0) is 15.0.